The molecule has 22 heavy (non-hydrogen) atoms. The van der Waals surface area contributed by atoms with Gasteiger partial charge in [0.1, 0.15) is 12.8 Å². The summed E-state index contributed by atoms with van der Waals surface area (Å²) in [7, 11) is 0. The van der Waals surface area contributed by atoms with Crippen molar-refractivity contribution >= 4 is 6.09 Å². The third kappa shape index (κ3) is 3.42. The molecule has 1 aromatic carbocycles. The number of carbonyl (C=O) groups excluding carboxylic acids is 1. The van der Waals surface area contributed by atoms with E-state index in [0.29, 0.717) is 6.54 Å². The molecule has 5 nitrogen and oxygen atoms in total. The van der Waals surface area contributed by atoms with Gasteiger partial charge in [0, 0.05) is 19.6 Å². The van der Waals surface area contributed by atoms with E-state index in [-0.39, 0.29) is 18.9 Å². The van der Waals surface area contributed by atoms with E-state index >= 15 is 0 Å². The highest BCUT2D eigenvalue weighted by Gasteiger charge is 2.39. The molecular weight excluding hydrogens is 280 g/mol. The highest BCUT2D eigenvalue weighted by molar-refractivity contribution is 5.68. The average Bonchev–Trinajstić information content (AvgIpc) is 3.07. The Morgan fingerprint density at radius 2 is 1.86 bits per heavy atom. The summed E-state index contributed by atoms with van der Waals surface area (Å²) in [5.41, 5.74) is 0.978. The van der Waals surface area contributed by atoms with Gasteiger partial charge in [-0.15, -0.1) is 0 Å². The predicted octanol–water partition coefficient (Wildman–Crippen LogP) is 2.20. The molecule has 120 valence electrons. The second kappa shape index (κ2) is 7.11. The lowest BCUT2D eigenvalue weighted by Gasteiger charge is -2.43. The molecule has 2 fully saturated rings. The molecule has 0 aromatic heterocycles. The molecule has 1 aromatic rings. The smallest absolute Gasteiger partial charge is 0.411 e. The van der Waals surface area contributed by atoms with Gasteiger partial charge in [-0.2, -0.15) is 0 Å². The molecule has 1 amide bonds. The Hall–Kier alpha value is -1.59. The van der Waals surface area contributed by atoms with Crippen LogP contribution >= 0.6 is 0 Å². The molecule has 1 N–H and O–H groups in total. The number of carbonyl (C=O) groups is 1. The van der Waals surface area contributed by atoms with Gasteiger partial charge >= 0.3 is 6.09 Å². The maximum atomic E-state index is 12.5. The fraction of sp³-hybridized carbons (Fsp3) is 0.588. The number of rotatable bonds is 3. The number of likely N-dealkylation sites (tertiary alicyclic amines) is 2. The Kier molecular flexibility index (Phi) is 4.95. The van der Waals surface area contributed by atoms with Crippen molar-refractivity contribution in [1.82, 2.24) is 9.80 Å². The summed E-state index contributed by atoms with van der Waals surface area (Å²) in [4.78, 5) is 16.4. The fourth-order valence-electron chi connectivity index (χ4n) is 3.41. The molecule has 0 saturated carbocycles. The first-order valence-electron chi connectivity index (χ1n) is 8.15. The Balaban J connectivity index is 1.63. The monoisotopic (exact) mass is 304 g/mol. The number of benzene rings is 1. The largest absolute Gasteiger partial charge is 0.445 e. The molecule has 2 heterocycles. The minimum absolute atomic E-state index is 0.223. The summed E-state index contributed by atoms with van der Waals surface area (Å²) in [6, 6.07) is 9.68. The van der Waals surface area contributed by atoms with E-state index in [2.05, 4.69) is 4.90 Å². The van der Waals surface area contributed by atoms with Crippen LogP contribution in [0.15, 0.2) is 30.3 Å². The molecule has 2 aliphatic rings. The summed E-state index contributed by atoms with van der Waals surface area (Å²) in [5, 5.41) is 10.3. The Labute approximate surface area is 131 Å². The van der Waals surface area contributed by atoms with Gasteiger partial charge in [-0.3, -0.25) is 9.80 Å². The van der Waals surface area contributed by atoms with Crippen LogP contribution in [0.1, 0.15) is 31.2 Å². The van der Waals surface area contributed by atoms with Crippen molar-refractivity contribution < 1.29 is 14.6 Å². The van der Waals surface area contributed by atoms with Crippen LogP contribution in [0.4, 0.5) is 4.79 Å². The number of nitrogens with zero attached hydrogens (tertiary/aromatic N) is 2. The summed E-state index contributed by atoms with van der Waals surface area (Å²) < 4.78 is 5.45. The van der Waals surface area contributed by atoms with Crippen LogP contribution in [0.3, 0.4) is 0 Å². The van der Waals surface area contributed by atoms with Crippen molar-refractivity contribution in [3.8, 4) is 0 Å². The van der Waals surface area contributed by atoms with Crippen molar-refractivity contribution in [2.75, 3.05) is 19.6 Å². The fourth-order valence-corrected chi connectivity index (χ4v) is 3.41. The van der Waals surface area contributed by atoms with Gasteiger partial charge in [0.25, 0.3) is 0 Å². The SMILES string of the molecule is O=C(OCc1ccccc1)N1CCC[C@H](O)C1N1CCCC1. The Bertz CT molecular complexity index is 488. The highest BCUT2D eigenvalue weighted by atomic mass is 16.6. The van der Waals surface area contributed by atoms with E-state index in [9.17, 15) is 9.90 Å². The van der Waals surface area contributed by atoms with Gasteiger partial charge in [-0.1, -0.05) is 30.3 Å². The zero-order valence-electron chi connectivity index (χ0n) is 12.9. The zero-order valence-corrected chi connectivity index (χ0v) is 12.9. The third-order valence-corrected chi connectivity index (χ3v) is 4.52. The number of piperidine rings is 1. The van der Waals surface area contributed by atoms with Crippen LogP contribution in [-0.4, -0.2) is 52.9 Å². The first-order chi connectivity index (χ1) is 10.8. The third-order valence-electron chi connectivity index (χ3n) is 4.52. The molecule has 2 aliphatic heterocycles. The van der Waals surface area contributed by atoms with Gasteiger partial charge in [0.2, 0.25) is 0 Å². The lowest BCUT2D eigenvalue weighted by atomic mass is 10.0. The minimum Gasteiger partial charge on any atom is -0.445 e. The van der Waals surface area contributed by atoms with Crippen LogP contribution in [0.25, 0.3) is 0 Å². The molecular formula is C17H24N2O3. The van der Waals surface area contributed by atoms with E-state index in [0.717, 1.165) is 44.3 Å². The maximum absolute atomic E-state index is 12.5. The van der Waals surface area contributed by atoms with Crippen LogP contribution < -0.4 is 0 Å². The maximum Gasteiger partial charge on any atom is 0.411 e. The number of aliphatic hydroxyl groups is 1. The number of aliphatic hydroxyl groups excluding tert-OH is 1. The van der Waals surface area contributed by atoms with Gasteiger partial charge in [0.05, 0.1) is 6.10 Å². The van der Waals surface area contributed by atoms with Crippen LogP contribution in [0.5, 0.6) is 0 Å². The normalized spacial score (nSPS) is 26.1. The summed E-state index contributed by atoms with van der Waals surface area (Å²) in [6.45, 7) is 2.83. The molecule has 0 spiro atoms. The number of ether oxygens (including phenoxy) is 1. The second-order valence-corrected chi connectivity index (χ2v) is 6.10. The van der Waals surface area contributed by atoms with Gasteiger partial charge in [0.15, 0.2) is 0 Å². The molecule has 5 heteroatoms. The number of hydrogen-bond acceptors (Lipinski definition) is 4. The predicted molar refractivity (Wildman–Crippen MR) is 83.2 cm³/mol. The van der Waals surface area contributed by atoms with Crippen LogP contribution in [-0.2, 0) is 11.3 Å². The standard InChI is InChI=1S/C17H24N2O3/c20-15-9-6-12-19(16(15)18-10-4-5-11-18)17(21)22-13-14-7-2-1-3-8-14/h1-3,7-8,15-16,20H,4-6,9-13H2/t15-,16?/m0/s1. The lowest BCUT2D eigenvalue weighted by molar-refractivity contribution is -0.0606. The van der Waals surface area contributed by atoms with Gasteiger partial charge in [-0.05, 0) is 31.2 Å². The molecule has 0 radical (unpaired) electrons. The van der Waals surface area contributed by atoms with E-state index in [1.165, 1.54) is 0 Å². The molecule has 0 aliphatic carbocycles. The Morgan fingerprint density at radius 1 is 1.14 bits per heavy atom. The quantitative estimate of drug-likeness (QED) is 0.930. The molecule has 2 atom stereocenters. The van der Waals surface area contributed by atoms with Crippen LogP contribution in [0.2, 0.25) is 0 Å². The highest BCUT2D eigenvalue weighted by Crippen LogP contribution is 2.25. The van der Waals surface area contributed by atoms with Crippen LogP contribution in [0, 0.1) is 0 Å². The van der Waals surface area contributed by atoms with Crippen molar-refractivity contribution in [1.29, 1.82) is 0 Å². The number of hydrogen-bond donors (Lipinski definition) is 1. The first kappa shape index (κ1) is 15.3. The lowest BCUT2D eigenvalue weighted by Crippen LogP contribution is -2.59. The summed E-state index contributed by atoms with van der Waals surface area (Å²) >= 11 is 0. The topological polar surface area (TPSA) is 53.0 Å². The van der Waals surface area contributed by atoms with E-state index < -0.39 is 6.10 Å². The first-order valence-corrected chi connectivity index (χ1v) is 8.15. The van der Waals surface area contributed by atoms with E-state index in [1.807, 2.05) is 30.3 Å². The zero-order chi connectivity index (χ0) is 15.4. The van der Waals surface area contributed by atoms with E-state index in [1.54, 1.807) is 4.90 Å². The Morgan fingerprint density at radius 3 is 2.59 bits per heavy atom. The average molecular weight is 304 g/mol. The van der Waals surface area contributed by atoms with Crippen molar-refractivity contribution in [2.45, 2.75) is 44.6 Å². The summed E-state index contributed by atoms with van der Waals surface area (Å²) in [5.74, 6) is 0. The van der Waals surface area contributed by atoms with Gasteiger partial charge in [-0.25, -0.2) is 4.79 Å². The summed E-state index contributed by atoms with van der Waals surface area (Å²) in [6.07, 6.45) is 2.83. The minimum atomic E-state index is -0.476. The second-order valence-electron chi connectivity index (χ2n) is 6.10. The van der Waals surface area contributed by atoms with Gasteiger partial charge < -0.3 is 9.84 Å². The molecule has 0 bridgehead atoms. The van der Waals surface area contributed by atoms with Crippen molar-refractivity contribution in [3.63, 3.8) is 0 Å². The molecule has 1 unspecified atom stereocenters. The number of amides is 1. The van der Waals surface area contributed by atoms with Crippen molar-refractivity contribution in [2.24, 2.45) is 0 Å². The molecule has 3 rings (SSSR count). The molecule has 2 saturated heterocycles. The van der Waals surface area contributed by atoms with Crippen molar-refractivity contribution in [3.05, 3.63) is 35.9 Å². The van der Waals surface area contributed by atoms with E-state index in [4.69, 9.17) is 4.74 Å².